The fourth-order valence-corrected chi connectivity index (χ4v) is 2.01. The lowest BCUT2D eigenvalue weighted by Gasteiger charge is -2.21. The summed E-state index contributed by atoms with van der Waals surface area (Å²) in [7, 11) is 0. The van der Waals surface area contributed by atoms with Crippen LogP contribution in [-0.2, 0) is 9.53 Å². The van der Waals surface area contributed by atoms with E-state index in [9.17, 15) is 4.79 Å². The van der Waals surface area contributed by atoms with Gasteiger partial charge in [0.25, 0.3) is 0 Å². The Labute approximate surface area is 98.9 Å². The van der Waals surface area contributed by atoms with E-state index in [2.05, 4.69) is 26.1 Å². The van der Waals surface area contributed by atoms with Crippen LogP contribution in [0.25, 0.3) is 0 Å². The lowest BCUT2D eigenvalue weighted by atomic mass is 9.92. The van der Waals surface area contributed by atoms with Crippen LogP contribution in [0.15, 0.2) is 0 Å². The molecule has 1 aliphatic heterocycles. The molecule has 0 aliphatic carbocycles. The molecule has 16 heavy (non-hydrogen) atoms. The lowest BCUT2D eigenvalue weighted by Crippen LogP contribution is -2.34. The molecule has 1 heterocycles. The molecule has 0 saturated carbocycles. The lowest BCUT2D eigenvalue weighted by molar-refractivity contribution is -0.151. The molecule has 0 aromatic rings. The number of nitrogens with one attached hydrogen (secondary N) is 1. The Morgan fingerprint density at radius 1 is 1.38 bits per heavy atom. The summed E-state index contributed by atoms with van der Waals surface area (Å²) in [6.45, 7) is 9.56. The van der Waals surface area contributed by atoms with E-state index in [1.54, 1.807) is 0 Å². The van der Waals surface area contributed by atoms with Crippen LogP contribution in [0.3, 0.4) is 0 Å². The van der Waals surface area contributed by atoms with E-state index in [4.69, 9.17) is 4.74 Å². The van der Waals surface area contributed by atoms with E-state index in [1.807, 2.05) is 6.92 Å². The van der Waals surface area contributed by atoms with Crippen LogP contribution in [0.5, 0.6) is 0 Å². The number of ether oxygens (including phenoxy) is 1. The third kappa shape index (κ3) is 4.12. The second kappa shape index (κ2) is 6.24. The third-order valence-electron chi connectivity index (χ3n) is 3.50. The summed E-state index contributed by atoms with van der Waals surface area (Å²) in [5, 5.41) is 3.16. The van der Waals surface area contributed by atoms with Crippen molar-refractivity contribution in [3.63, 3.8) is 0 Å². The molecule has 0 amide bonds. The normalized spacial score (nSPS) is 24.4. The quantitative estimate of drug-likeness (QED) is 0.733. The van der Waals surface area contributed by atoms with E-state index >= 15 is 0 Å². The van der Waals surface area contributed by atoms with E-state index < -0.39 is 0 Å². The van der Waals surface area contributed by atoms with Gasteiger partial charge in [-0.05, 0) is 44.6 Å². The van der Waals surface area contributed by atoms with Crippen molar-refractivity contribution in [1.29, 1.82) is 0 Å². The van der Waals surface area contributed by atoms with E-state index in [-0.39, 0.29) is 18.1 Å². The molecule has 3 nitrogen and oxygen atoms in total. The van der Waals surface area contributed by atoms with Gasteiger partial charge in [0.05, 0.1) is 6.10 Å². The maximum absolute atomic E-state index is 11.7. The largest absolute Gasteiger partial charge is 0.462 e. The first-order chi connectivity index (χ1) is 7.50. The number of hydrogen-bond donors (Lipinski definition) is 1. The van der Waals surface area contributed by atoms with Crippen LogP contribution in [0.4, 0.5) is 0 Å². The molecule has 1 aliphatic rings. The molecule has 0 radical (unpaired) electrons. The van der Waals surface area contributed by atoms with Crippen molar-refractivity contribution in [1.82, 2.24) is 5.32 Å². The zero-order valence-electron chi connectivity index (χ0n) is 11.0. The van der Waals surface area contributed by atoms with Gasteiger partial charge in [0.2, 0.25) is 0 Å². The molecule has 1 fully saturated rings. The van der Waals surface area contributed by atoms with Crippen molar-refractivity contribution in [2.24, 2.45) is 11.8 Å². The summed E-state index contributed by atoms with van der Waals surface area (Å²) in [4.78, 5) is 11.7. The number of rotatable bonds is 5. The van der Waals surface area contributed by atoms with Crippen molar-refractivity contribution in [3.05, 3.63) is 0 Å². The zero-order chi connectivity index (χ0) is 12.1. The smallest absolute Gasteiger partial charge is 0.323 e. The Balaban J connectivity index is 2.27. The molecule has 1 saturated heterocycles. The van der Waals surface area contributed by atoms with Gasteiger partial charge in [0.1, 0.15) is 6.04 Å². The molecule has 1 rings (SSSR count). The van der Waals surface area contributed by atoms with Crippen LogP contribution in [0.2, 0.25) is 0 Å². The maximum atomic E-state index is 11.7. The average molecular weight is 227 g/mol. The minimum Gasteiger partial charge on any atom is -0.462 e. The highest BCUT2D eigenvalue weighted by Gasteiger charge is 2.25. The minimum atomic E-state index is -0.0686. The summed E-state index contributed by atoms with van der Waals surface area (Å²) >= 11 is 0. The highest BCUT2D eigenvalue weighted by Crippen LogP contribution is 2.18. The van der Waals surface area contributed by atoms with Crippen LogP contribution >= 0.6 is 0 Å². The van der Waals surface area contributed by atoms with Gasteiger partial charge in [-0.2, -0.15) is 0 Å². The van der Waals surface area contributed by atoms with Crippen LogP contribution in [-0.4, -0.2) is 24.7 Å². The zero-order valence-corrected chi connectivity index (χ0v) is 11.0. The number of esters is 1. The topological polar surface area (TPSA) is 38.3 Å². The fraction of sp³-hybridized carbons (Fsp3) is 0.923. The Hall–Kier alpha value is -0.570. The third-order valence-corrected chi connectivity index (χ3v) is 3.50. The van der Waals surface area contributed by atoms with Crippen molar-refractivity contribution in [2.45, 2.75) is 59.1 Å². The molecule has 0 aromatic carbocycles. The van der Waals surface area contributed by atoms with E-state index in [0.29, 0.717) is 11.8 Å². The van der Waals surface area contributed by atoms with Gasteiger partial charge in [0, 0.05) is 0 Å². The summed E-state index contributed by atoms with van der Waals surface area (Å²) < 4.78 is 5.45. The Kier molecular flexibility index (Phi) is 5.26. The van der Waals surface area contributed by atoms with Crippen molar-refractivity contribution >= 4 is 5.97 Å². The first kappa shape index (κ1) is 13.5. The number of carbonyl (C=O) groups excluding carboxylic acids is 1. The summed E-state index contributed by atoms with van der Waals surface area (Å²) in [5.41, 5.74) is 0. The molecule has 3 atom stereocenters. The molecule has 0 spiro atoms. The SMILES string of the molecule is CC(CC(C)C(C)C)OC(=O)C1CCCN1. The van der Waals surface area contributed by atoms with Gasteiger partial charge in [0.15, 0.2) is 0 Å². The fourth-order valence-electron chi connectivity index (χ4n) is 2.01. The Bertz CT molecular complexity index is 222. The highest BCUT2D eigenvalue weighted by molar-refractivity contribution is 5.76. The van der Waals surface area contributed by atoms with Crippen molar-refractivity contribution < 1.29 is 9.53 Å². The first-order valence-electron chi connectivity index (χ1n) is 6.44. The van der Waals surface area contributed by atoms with Gasteiger partial charge in [-0.3, -0.25) is 4.79 Å². The standard InChI is InChI=1S/C13H25NO2/c1-9(2)10(3)8-11(4)16-13(15)12-6-5-7-14-12/h9-12,14H,5-8H2,1-4H3. The molecule has 3 unspecified atom stereocenters. The number of carbonyl (C=O) groups is 1. The summed E-state index contributed by atoms with van der Waals surface area (Å²) in [6, 6.07) is -0.0585. The second-order valence-electron chi connectivity index (χ2n) is 5.35. The second-order valence-corrected chi connectivity index (χ2v) is 5.35. The Morgan fingerprint density at radius 3 is 2.56 bits per heavy atom. The molecule has 0 aromatic heterocycles. The van der Waals surface area contributed by atoms with Crippen molar-refractivity contribution in [3.8, 4) is 0 Å². The monoisotopic (exact) mass is 227 g/mol. The summed E-state index contributed by atoms with van der Waals surface area (Å²) in [6.07, 6.45) is 2.99. The molecular formula is C13H25NO2. The van der Waals surface area contributed by atoms with Crippen molar-refractivity contribution in [2.75, 3.05) is 6.54 Å². The number of hydrogen-bond acceptors (Lipinski definition) is 3. The minimum absolute atomic E-state index is 0.0345. The van der Waals surface area contributed by atoms with Gasteiger partial charge >= 0.3 is 5.97 Å². The summed E-state index contributed by atoms with van der Waals surface area (Å²) in [5.74, 6) is 1.17. The predicted molar refractivity (Wildman–Crippen MR) is 65.2 cm³/mol. The molecule has 0 bridgehead atoms. The van der Waals surface area contributed by atoms with Gasteiger partial charge in [-0.1, -0.05) is 20.8 Å². The highest BCUT2D eigenvalue weighted by atomic mass is 16.5. The first-order valence-corrected chi connectivity index (χ1v) is 6.44. The van der Waals surface area contributed by atoms with Crippen LogP contribution in [0, 0.1) is 11.8 Å². The maximum Gasteiger partial charge on any atom is 0.323 e. The van der Waals surface area contributed by atoms with E-state index in [1.165, 1.54) is 0 Å². The van der Waals surface area contributed by atoms with Gasteiger partial charge in [-0.25, -0.2) is 0 Å². The molecule has 94 valence electrons. The van der Waals surface area contributed by atoms with E-state index in [0.717, 1.165) is 25.8 Å². The molecule has 3 heteroatoms. The molecular weight excluding hydrogens is 202 g/mol. The van der Waals surface area contributed by atoms with Gasteiger partial charge in [-0.15, -0.1) is 0 Å². The Morgan fingerprint density at radius 2 is 2.06 bits per heavy atom. The van der Waals surface area contributed by atoms with Crippen LogP contribution in [0.1, 0.15) is 47.0 Å². The predicted octanol–water partition coefficient (Wildman–Crippen LogP) is 2.35. The van der Waals surface area contributed by atoms with Crippen LogP contribution < -0.4 is 5.32 Å². The van der Waals surface area contributed by atoms with Gasteiger partial charge < -0.3 is 10.1 Å². The average Bonchev–Trinajstić information content (AvgIpc) is 2.69. The molecule has 1 N–H and O–H groups in total.